The summed E-state index contributed by atoms with van der Waals surface area (Å²) in [5.41, 5.74) is 1.41. The van der Waals surface area contributed by atoms with Gasteiger partial charge < -0.3 is 10.0 Å². The number of carbonyl (C=O) groups is 1. The molecule has 114 valence electrons. The molecule has 22 heavy (non-hydrogen) atoms. The Labute approximate surface area is 133 Å². The van der Waals surface area contributed by atoms with Crippen molar-refractivity contribution in [3.8, 4) is 0 Å². The van der Waals surface area contributed by atoms with Gasteiger partial charge in [-0.3, -0.25) is 4.79 Å². The number of halogens is 2. The van der Waals surface area contributed by atoms with Gasteiger partial charge in [0.1, 0.15) is 5.82 Å². The topological polar surface area (TPSA) is 40.5 Å². The van der Waals surface area contributed by atoms with Gasteiger partial charge in [-0.1, -0.05) is 30.3 Å². The summed E-state index contributed by atoms with van der Waals surface area (Å²) < 4.78 is 13.0. The number of anilines is 1. The van der Waals surface area contributed by atoms with E-state index in [1.54, 1.807) is 36.4 Å². The van der Waals surface area contributed by atoms with Gasteiger partial charge in [-0.25, -0.2) is 4.39 Å². The van der Waals surface area contributed by atoms with Crippen LogP contribution >= 0.6 is 11.6 Å². The molecule has 0 saturated carbocycles. The third kappa shape index (κ3) is 4.33. The highest BCUT2D eigenvalue weighted by Crippen LogP contribution is 2.22. The number of rotatable bonds is 5. The van der Waals surface area contributed by atoms with Crippen LogP contribution in [0.1, 0.15) is 12.0 Å². The lowest BCUT2D eigenvalue weighted by molar-refractivity contribution is -0.118. The second kappa shape index (κ2) is 7.09. The zero-order valence-electron chi connectivity index (χ0n) is 11.8. The van der Waals surface area contributed by atoms with Crippen LogP contribution in [0.3, 0.4) is 0 Å². The van der Waals surface area contributed by atoms with Crippen LogP contribution in [-0.2, 0) is 11.3 Å². The Bertz CT molecular complexity index is 668. The Morgan fingerprint density at radius 2 is 1.73 bits per heavy atom. The molecule has 2 aromatic rings. The van der Waals surface area contributed by atoms with E-state index >= 15 is 0 Å². The molecule has 0 aliphatic heterocycles. The van der Waals surface area contributed by atoms with Gasteiger partial charge >= 0.3 is 0 Å². The van der Waals surface area contributed by atoms with Crippen LogP contribution in [-0.4, -0.2) is 11.0 Å². The van der Waals surface area contributed by atoms with Crippen molar-refractivity contribution in [1.82, 2.24) is 0 Å². The average Bonchev–Trinajstić information content (AvgIpc) is 2.47. The van der Waals surface area contributed by atoms with E-state index in [-0.39, 0.29) is 30.4 Å². The Morgan fingerprint density at radius 3 is 2.27 bits per heavy atom. The van der Waals surface area contributed by atoms with E-state index in [1.807, 2.05) is 0 Å². The highest BCUT2D eigenvalue weighted by molar-refractivity contribution is 6.30. The van der Waals surface area contributed by atoms with E-state index in [0.717, 1.165) is 5.56 Å². The fourth-order valence-electron chi connectivity index (χ4n) is 1.99. The number of hydrogen-bond donors (Lipinski definition) is 1. The molecule has 3 nitrogen and oxygen atoms in total. The van der Waals surface area contributed by atoms with E-state index in [4.69, 9.17) is 11.6 Å². The van der Waals surface area contributed by atoms with E-state index in [2.05, 4.69) is 6.58 Å². The molecule has 0 spiro atoms. The first kappa shape index (κ1) is 16.0. The van der Waals surface area contributed by atoms with Crippen LogP contribution in [0, 0.1) is 5.82 Å². The largest absolute Gasteiger partial charge is 0.512 e. The summed E-state index contributed by atoms with van der Waals surface area (Å²) >= 11 is 5.86. The van der Waals surface area contributed by atoms with Gasteiger partial charge in [-0.2, -0.15) is 0 Å². The van der Waals surface area contributed by atoms with Crippen LogP contribution in [0.15, 0.2) is 60.9 Å². The molecule has 1 N–H and O–H groups in total. The number of amides is 1. The molecule has 0 fully saturated rings. The molecule has 0 heterocycles. The van der Waals surface area contributed by atoms with Crippen molar-refractivity contribution in [1.29, 1.82) is 0 Å². The quantitative estimate of drug-likeness (QED) is 0.826. The van der Waals surface area contributed by atoms with Gasteiger partial charge in [0, 0.05) is 10.7 Å². The average molecular weight is 320 g/mol. The van der Waals surface area contributed by atoms with Crippen molar-refractivity contribution >= 4 is 23.2 Å². The number of hydrogen-bond acceptors (Lipinski definition) is 2. The first-order valence-corrected chi connectivity index (χ1v) is 7.00. The molecule has 5 heteroatoms. The van der Waals surface area contributed by atoms with Crippen molar-refractivity contribution in [2.45, 2.75) is 13.0 Å². The lowest BCUT2D eigenvalue weighted by atomic mass is 10.1. The molecule has 0 aliphatic rings. The van der Waals surface area contributed by atoms with Crippen molar-refractivity contribution < 1.29 is 14.3 Å². The van der Waals surface area contributed by atoms with E-state index < -0.39 is 0 Å². The molecule has 0 unspecified atom stereocenters. The smallest absolute Gasteiger partial charge is 0.234 e. The van der Waals surface area contributed by atoms with Crippen molar-refractivity contribution in [3.05, 3.63) is 77.3 Å². The van der Waals surface area contributed by atoms with E-state index in [0.29, 0.717) is 10.7 Å². The number of aliphatic hydroxyl groups excluding tert-OH is 1. The number of benzene rings is 2. The van der Waals surface area contributed by atoms with Gasteiger partial charge in [0.2, 0.25) is 5.91 Å². The Kier molecular flexibility index (Phi) is 5.17. The summed E-state index contributed by atoms with van der Waals surface area (Å²) in [5.74, 6) is -0.848. The maximum absolute atomic E-state index is 13.0. The molecular formula is C17H15ClFNO2. The summed E-state index contributed by atoms with van der Waals surface area (Å²) in [5, 5.41) is 9.81. The zero-order valence-corrected chi connectivity index (χ0v) is 12.6. The van der Waals surface area contributed by atoms with Crippen LogP contribution < -0.4 is 4.90 Å². The Balaban J connectivity index is 2.28. The molecular weight excluding hydrogens is 305 g/mol. The highest BCUT2D eigenvalue weighted by Gasteiger charge is 2.17. The SMILES string of the molecule is C=C(O)CC(=O)N(Cc1ccc(F)cc1)c1ccc(Cl)cc1. The first-order chi connectivity index (χ1) is 10.5. The van der Waals surface area contributed by atoms with Crippen molar-refractivity contribution in [2.24, 2.45) is 0 Å². The number of carbonyl (C=O) groups excluding carboxylic acids is 1. The molecule has 2 rings (SSSR count). The van der Waals surface area contributed by atoms with Gasteiger partial charge in [0.25, 0.3) is 0 Å². The summed E-state index contributed by atoms with van der Waals surface area (Å²) in [6.45, 7) is 3.60. The second-order valence-electron chi connectivity index (χ2n) is 4.83. The fraction of sp³-hybridized carbons (Fsp3) is 0.118. The van der Waals surface area contributed by atoms with Crippen LogP contribution in [0.25, 0.3) is 0 Å². The molecule has 1 amide bonds. The summed E-state index contributed by atoms with van der Waals surface area (Å²) in [6, 6.07) is 12.7. The maximum Gasteiger partial charge on any atom is 0.234 e. The van der Waals surface area contributed by atoms with Crippen LogP contribution in [0.5, 0.6) is 0 Å². The van der Waals surface area contributed by atoms with Gasteiger partial charge in [0.05, 0.1) is 18.7 Å². The molecule has 0 aliphatic carbocycles. The number of nitrogens with zero attached hydrogens (tertiary/aromatic N) is 1. The van der Waals surface area contributed by atoms with Crippen molar-refractivity contribution in [2.75, 3.05) is 4.90 Å². The predicted molar refractivity (Wildman–Crippen MR) is 85.4 cm³/mol. The Morgan fingerprint density at radius 1 is 1.14 bits per heavy atom. The minimum Gasteiger partial charge on any atom is -0.512 e. The molecule has 0 saturated heterocycles. The monoisotopic (exact) mass is 319 g/mol. The maximum atomic E-state index is 13.0. The minimum atomic E-state index is -0.336. The van der Waals surface area contributed by atoms with E-state index in [9.17, 15) is 14.3 Å². The predicted octanol–water partition coefficient (Wildman–Crippen LogP) is 4.47. The standard InChI is InChI=1S/C17H15ClFNO2/c1-12(21)10-17(22)20(16-8-4-14(18)5-9-16)11-13-2-6-15(19)7-3-13/h2-9,21H,1,10-11H2. The molecule has 0 aromatic heterocycles. The molecule has 0 bridgehead atoms. The Hall–Kier alpha value is -2.33. The lowest BCUT2D eigenvalue weighted by Crippen LogP contribution is -2.30. The van der Waals surface area contributed by atoms with Crippen LogP contribution in [0.4, 0.5) is 10.1 Å². The summed E-state index contributed by atoms with van der Waals surface area (Å²) in [7, 11) is 0. The fourth-order valence-corrected chi connectivity index (χ4v) is 2.11. The zero-order chi connectivity index (χ0) is 16.1. The number of aliphatic hydroxyl groups is 1. The van der Waals surface area contributed by atoms with Gasteiger partial charge in [-0.15, -0.1) is 0 Å². The highest BCUT2D eigenvalue weighted by atomic mass is 35.5. The molecule has 0 atom stereocenters. The normalized spacial score (nSPS) is 10.3. The van der Waals surface area contributed by atoms with E-state index in [1.165, 1.54) is 17.0 Å². The van der Waals surface area contributed by atoms with Gasteiger partial charge in [0.15, 0.2) is 0 Å². The molecule has 0 radical (unpaired) electrons. The van der Waals surface area contributed by atoms with Crippen LogP contribution in [0.2, 0.25) is 5.02 Å². The minimum absolute atomic E-state index is 0.177. The summed E-state index contributed by atoms with van der Waals surface area (Å²) in [4.78, 5) is 13.8. The molecule has 2 aromatic carbocycles. The van der Waals surface area contributed by atoms with Gasteiger partial charge in [-0.05, 0) is 42.0 Å². The lowest BCUT2D eigenvalue weighted by Gasteiger charge is -2.23. The van der Waals surface area contributed by atoms with Crippen molar-refractivity contribution in [3.63, 3.8) is 0 Å². The summed E-state index contributed by atoms with van der Waals surface area (Å²) in [6.07, 6.45) is -0.177. The first-order valence-electron chi connectivity index (χ1n) is 6.63. The second-order valence-corrected chi connectivity index (χ2v) is 5.26. The third-order valence-electron chi connectivity index (χ3n) is 3.05. The third-order valence-corrected chi connectivity index (χ3v) is 3.30.